The number of hydrogen-bond acceptors (Lipinski definition) is 5. The lowest BCUT2D eigenvalue weighted by Gasteiger charge is -2.15. The van der Waals surface area contributed by atoms with E-state index in [0.29, 0.717) is 16.8 Å². The van der Waals surface area contributed by atoms with Gasteiger partial charge in [0.25, 0.3) is 15.9 Å². The molecule has 9 heteroatoms. The maximum absolute atomic E-state index is 12.8. The quantitative estimate of drug-likeness (QED) is 0.417. The molecule has 0 aliphatic rings. The summed E-state index contributed by atoms with van der Waals surface area (Å²) in [7, 11) is -3.74. The number of benzene rings is 3. The van der Waals surface area contributed by atoms with Crippen molar-refractivity contribution >= 4 is 21.6 Å². The molecular formula is C25H25N5O3S. The van der Waals surface area contributed by atoms with Crippen molar-refractivity contribution in [2.24, 2.45) is 0 Å². The van der Waals surface area contributed by atoms with E-state index in [9.17, 15) is 13.2 Å². The highest BCUT2D eigenvalue weighted by Crippen LogP contribution is 2.21. The summed E-state index contributed by atoms with van der Waals surface area (Å²) < 4.78 is 29.8. The van der Waals surface area contributed by atoms with Gasteiger partial charge in [-0.3, -0.25) is 9.52 Å². The highest BCUT2D eigenvalue weighted by Gasteiger charge is 2.18. The standard InChI is InChI=1S/C25H25N5O3S/c1-17-4-5-18(2)24(14-17)34(32,33)29-22-10-6-21(7-11-22)25(31)28-19(3)20-8-12-23(13-9-20)30-16-26-15-27-30/h4-16,19,29H,1-3H3,(H,28,31). The summed E-state index contributed by atoms with van der Waals surface area (Å²) in [4.78, 5) is 16.9. The van der Waals surface area contributed by atoms with Crippen LogP contribution in [-0.4, -0.2) is 29.1 Å². The minimum absolute atomic E-state index is 0.222. The molecule has 34 heavy (non-hydrogen) atoms. The third kappa shape index (κ3) is 5.15. The van der Waals surface area contributed by atoms with Crippen molar-refractivity contribution in [3.8, 4) is 5.69 Å². The largest absolute Gasteiger partial charge is 0.346 e. The lowest BCUT2D eigenvalue weighted by atomic mass is 10.1. The van der Waals surface area contributed by atoms with Crippen LogP contribution < -0.4 is 10.0 Å². The van der Waals surface area contributed by atoms with Gasteiger partial charge in [-0.1, -0.05) is 24.3 Å². The van der Waals surface area contributed by atoms with Crippen LogP contribution in [0.5, 0.6) is 0 Å². The summed E-state index contributed by atoms with van der Waals surface area (Å²) >= 11 is 0. The molecule has 4 aromatic rings. The van der Waals surface area contributed by atoms with E-state index in [1.54, 1.807) is 54.3 Å². The average Bonchev–Trinajstić information content (AvgIpc) is 3.36. The first-order valence-corrected chi connectivity index (χ1v) is 12.2. The first-order chi connectivity index (χ1) is 16.2. The topological polar surface area (TPSA) is 106 Å². The number of carbonyl (C=O) groups is 1. The molecule has 0 aliphatic heterocycles. The molecule has 0 fully saturated rings. The second kappa shape index (κ2) is 9.48. The Morgan fingerprint density at radius 1 is 0.971 bits per heavy atom. The van der Waals surface area contributed by atoms with Gasteiger partial charge in [0.15, 0.2) is 0 Å². The molecule has 0 radical (unpaired) electrons. The number of hydrogen-bond donors (Lipinski definition) is 2. The van der Waals surface area contributed by atoms with Gasteiger partial charge in [-0.2, -0.15) is 5.10 Å². The minimum Gasteiger partial charge on any atom is -0.346 e. The van der Waals surface area contributed by atoms with Crippen LogP contribution in [0.25, 0.3) is 5.69 Å². The van der Waals surface area contributed by atoms with Crippen molar-refractivity contribution in [3.63, 3.8) is 0 Å². The van der Waals surface area contributed by atoms with Crippen LogP contribution in [0.2, 0.25) is 0 Å². The molecule has 4 rings (SSSR count). The Morgan fingerprint density at radius 2 is 1.68 bits per heavy atom. The number of carbonyl (C=O) groups excluding carboxylic acids is 1. The normalized spacial score (nSPS) is 12.2. The molecule has 0 aliphatic carbocycles. The van der Waals surface area contributed by atoms with Gasteiger partial charge in [-0.15, -0.1) is 0 Å². The maximum Gasteiger partial charge on any atom is 0.262 e. The average molecular weight is 476 g/mol. The van der Waals surface area contributed by atoms with Gasteiger partial charge >= 0.3 is 0 Å². The number of sulfonamides is 1. The Kier molecular flexibility index (Phi) is 6.47. The number of nitrogens with one attached hydrogen (secondary N) is 2. The molecule has 0 saturated heterocycles. The van der Waals surface area contributed by atoms with Crippen LogP contribution in [-0.2, 0) is 10.0 Å². The fourth-order valence-electron chi connectivity index (χ4n) is 3.52. The van der Waals surface area contributed by atoms with Crippen LogP contribution >= 0.6 is 0 Å². The molecule has 2 N–H and O–H groups in total. The van der Waals surface area contributed by atoms with E-state index < -0.39 is 10.0 Å². The van der Waals surface area contributed by atoms with Crippen LogP contribution in [0.1, 0.15) is 40.0 Å². The van der Waals surface area contributed by atoms with E-state index in [4.69, 9.17) is 0 Å². The van der Waals surface area contributed by atoms with Crippen LogP contribution in [0, 0.1) is 13.8 Å². The molecule has 1 amide bonds. The first kappa shape index (κ1) is 23.2. The number of aromatic nitrogens is 3. The van der Waals surface area contributed by atoms with Gasteiger partial charge in [0.2, 0.25) is 0 Å². The predicted octanol–water partition coefficient (Wildman–Crippen LogP) is 4.18. The summed E-state index contributed by atoms with van der Waals surface area (Å²) in [5.41, 5.74) is 4.15. The second-order valence-corrected chi connectivity index (χ2v) is 9.73. The third-order valence-corrected chi connectivity index (χ3v) is 6.98. The third-order valence-electron chi connectivity index (χ3n) is 5.46. The zero-order chi connectivity index (χ0) is 24.3. The zero-order valence-electron chi connectivity index (χ0n) is 19.1. The molecule has 174 valence electrons. The Hall–Kier alpha value is -3.98. The van der Waals surface area contributed by atoms with Gasteiger partial charge in [-0.25, -0.2) is 18.1 Å². The molecule has 1 aromatic heterocycles. The van der Waals surface area contributed by atoms with E-state index in [2.05, 4.69) is 20.1 Å². The van der Waals surface area contributed by atoms with Crippen LogP contribution in [0.4, 0.5) is 5.69 Å². The van der Waals surface area contributed by atoms with E-state index in [1.807, 2.05) is 44.2 Å². The summed E-state index contributed by atoms with van der Waals surface area (Å²) in [6.07, 6.45) is 3.09. The minimum atomic E-state index is -3.74. The zero-order valence-corrected chi connectivity index (χ0v) is 19.9. The number of rotatable bonds is 7. The van der Waals surface area contributed by atoms with Crippen LogP contribution in [0.3, 0.4) is 0 Å². The van der Waals surface area contributed by atoms with E-state index in [0.717, 1.165) is 16.8 Å². The van der Waals surface area contributed by atoms with Crippen molar-refractivity contribution in [2.75, 3.05) is 4.72 Å². The molecule has 1 atom stereocenters. The second-order valence-electron chi connectivity index (χ2n) is 8.08. The van der Waals surface area contributed by atoms with E-state index in [-0.39, 0.29) is 16.8 Å². The highest BCUT2D eigenvalue weighted by molar-refractivity contribution is 7.92. The van der Waals surface area contributed by atoms with Gasteiger partial charge < -0.3 is 5.32 Å². The molecule has 3 aromatic carbocycles. The number of aryl methyl sites for hydroxylation is 2. The molecule has 0 saturated carbocycles. The van der Waals surface area contributed by atoms with E-state index in [1.165, 1.54) is 6.33 Å². The van der Waals surface area contributed by atoms with Gasteiger partial charge in [-0.05, 0) is 79.9 Å². The van der Waals surface area contributed by atoms with Crippen molar-refractivity contribution in [3.05, 3.63) is 102 Å². The fourth-order valence-corrected chi connectivity index (χ4v) is 4.91. The molecule has 0 spiro atoms. The Morgan fingerprint density at radius 3 is 2.32 bits per heavy atom. The lowest BCUT2D eigenvalue weighted by molar-refractivity contribution is 0.0940. The number of anilines is 1. The lowest BCUT2D eigenvalue weighted by Crippen LogP contribution is -2.26. The van der Waals surface area contributed by atoms with Crippen molar-refractivity contribution in [2.45, 2.75) is 31.7 Å². The summed E-state index contributed by atoms with van der Waals surface area (Å²) in [6, 6.07) is 19.1. The molecule has 0 bridgehead atoms. The smallest absolute Gasteiger partial charge is 0.262 e. The first-order valence-electron chi connectivity index (χ1n) is 10.7. The highest BCUT2D eigenvalue weighted by atomic mass is 32.2. The monoisotopic (exact) mass is 475 g/mol. The Balaban J connectivity index is 1.41. The summed E-state index contributed by atoms with van der Waals surface area (Å²) in [6.45, 7) is 5.50. The molecule has 1 heterocycles. The molecule has 8 nitrogen and oxygen atoms in total. The SMILES string of the molecule is Cc1ccc(C)c(S(=O)(=O)Nc2ccc(C(=O)NC(C)c3ccc(-n4cncn4)cc3)cc2)c1. The number of amides is 1. The van der Waals surface area contributed by atoms with E-state index >= 15 is 0 Å². The van der Waals surface area contributed by atoms with Crippen LogP contribution in [0.15, 0.2) is 84.3 Å². The van der Waals surface area contributed by atoms with Crippen molar-refractivity contribution < 1.29 is 13.2 Å². The Labute approximate surface area is 198 Å². The van der Waals surface area contributed by atoms with Gasteiger partial charge in [0, 0.05) is 11.3 Å². The molecule has 1 unspecified atom stereocenters. The predicted molar refractivity (Wildman–Crippen MR) is 130 cm³/mol. The molecular weight excluding hydrogens is 450 g/mol. The summed E-state index contributed by atoms with van der Waals surface area (Å²) in [5.74, 6) is -0.253. The van der Waals surface area contributed by atoms with Gasteiger partial charge in [0.1, 0.15) is 12.7 Å². The fraction of sp³-hybridized carbons (Fsp3) is 0.160. The van der Waals surface area contributed by atoms with Crippen molar-refractivity contribution in [1.82, 2.24) is 20.1 Å². The maximum atomic E-state index is 12.8. The summed E-state index contributed by atoms with van der Waals surface area (Å²) in [5, 5.41) is 7.06. The Bertz CT molecular complexity index is 1400. The van der Waals surface area contributed by atoms with Crippen molar-refractivity contribution in [1.29, 1.82) is 0 Å². The number of nitrogens with zero attached hydrogens (tertiary/aromatic N) is 3. The van der Waals surface area contributed by atoms with Gasteiger partial charge in [0.05, 0.1) is 16.6 Å².